The van der Waals surface area contributed by atoms with Gasteiger partial charge in [-0.15, -0.1) is 0 Å². The van der Waals surface area contributed by atoms with E-state index in [0.717, 1.165) is 22.2 Å². The van der Waals surface area contributed by atoms with Gasteiger partial charge >= 0.3 is 6.03 Å². The van der Waals surface area contributed by atoms with Gasteiger partial charge in [0, 0.05) is 32.2 Å². The highest BCUT2D eigenvalue weighted by molar-refractivity contribution is 5.91. The van der Waals surface area contributed by atoms with Crippen LogP contribution in [-0.4, -0.2) is 33.2 Å². The van der Waals surface area contributed by atoms with Gasteiger partial charge in [-0.3, -0.25) is 0 Å². The number of anilines is 1. The Bertz CT molecular complexity index is 1120. The fraction of sp³-hybridized carbons (Fsp3) is 0.364. The van der Waals surface area contributed by atoms with E-state index >= 15 is 0 Å². The van der Waals surface area contributed by atoms with Gasteiger partial charge < -0.3 is 10.6 Å². The second-order valence-corrected chi connectivity index (χ2v) is 7.95. The minimum atomic E-state index is -1.39. The number of hydrogen-bond acceptors (Lipinski definition) is 4. The molecule has 0 bridgehead atoms. The second-order valence-electron chi connectivity index (χ2n) is 7.95. The second kappa shape index (κ2) is 8.30. The molecule has 8 heteroatoms. The monoisotopic (exact) mass is 417 g/mol. The van der Waals surface area contributed by atoms with Crippen molar-refractivity contribution in [2.45, 2.75) is 46.7 Å². The molecule has 0 saturated carbocycles. The van der Waals surface area contributed by atoms with Crippen LogP contribution in [0.25, 0.3) is 22.2 Å². The van der Waals surface area contributed by atoms with Crippen LogP contribution in [0.4, 0.5) is 19.3 Å². The summed E-state index contributed by atoms with van der Waals surface area (Å²) in [6.45, 7) is 8.46. The van der Waals surface area contributed by atoms with Gasteiger partial charge in [-0.05, 0) is 70.4 Å². The number of halogens is 2. The van der Waals surface area contributed by atoms with Crippen LogP contribution in [0.15, 0.2) is 24.4 Å². The third kappa shape index (κ3) is 5.06. The predicted molar refractivity (Wildman–Crippen MR) is 118 cm³/mol. The van der Waals surface area contributed by atoms with Crippen molar-refractivity contribution in [3.05, 3.63) is 47.3 Å². The Hall–Kier alpha value is -3.16. The summed E-state index contributed by atoms with van der Waals surface area (Å²) in [6, 6.07) is 4.26. The van der Waals surface area contributed by atoms with Crippen molar-refractivity contribution >= 4 is 22.8 Å². The lowest BCUT2D eigenvalue weighted by molar-refractivity contribution is 0.200. The number of aromatic nitrogens is 3. The number of carbonyl (C=O) groups excluding carboxylic acids is 1. The third-order valence-electron chi connectivity index (χ3n) is 4.74. The predicted octanol–water partition coefficient (Wildman–Crippen LogP) is 5.51. The van der Waals surface area contributed by atoms with Crippen LogP contribution < -0.4 is 10.6 Å². The summed E-state index contributed by atoms with van der Waals surface area (Å²) in [6.07, 6.45) is 1.86. The van der Waals surface area contributed by atoms with Gasteiger partial charge in [0.05, 0.1) is 5.69 Å². The number of rotatable bonds is 5. The lowest BCUT2D eigenvalue weighted by Gasteiger charge is -2.16. The van der Waals surface area contributed by atoms with E-state index in [1.165, 1.54) is 19.9 Å². The zero-order valence-corrected chi connectivity index (χ0v) is 17.7. The highest BCUT2D eigenvalue weighted by atomic mass is 19.1. The van der Waals surface area contributed by atoms with Crippen molar-refractivity contribution in [3.63, 3.8) is 0 Å². The third-order valence-corrected chi connectivity index (χ3v) is 4.74. The van der Waals surface area contributed by atoms with E-state index in [4.69, 9.17) is 0 Å². The molecule has 0 aliphatic rings. The molecule has 0 aliphatic heterocycles. The van der Waals surface area contributed by atoms with Crippen LogP contribution in [0, 0.1) is 26.6 Å². The molecule has 0 fully saturated rings. The fourth-order valence-corrected chi connectivity index (χ4v) is 3.11. The Kier molecular flexibility index (Phi) is 5.96. The first kappa shape index (κ1) is 21.5. The standard InChI is InChI=1S/C22H25F2N5O.2H2/c1-12-8-18(23)19(29-21(30)25-7-6-22(4,5)24)10-16(12)17-9-15-11-26-14(3)28-20(15)27-13(17)2;;/h8-11H,6-7H2,1-5H3,(H2,25,29,30);2*1H. The molecule has 2 heterocycles. The molecule has 0 atom stereocenters. The Morgan fingerprint density at radius 1 is 1.13 bits per heavy atom. The van der Waals surface area contributed by atoms with Gasteiger partial charge in [-0.25, -0.2) is 28.5 Å². The number of fused-ring (bicyclic) bond motifs is 1. The van der Waals surface area contributed by atoms with Gasteiger partial charge in [0.15, 0.2) is 5.65 Å². The summed E-state index contributed by atoms with van der Waals surface area (Å²) in [4.78, 5) is 25.2. The zero-order valence-electron chi connectivity index (χ0n) is 17.7. The summed E-state index contributed by atoms with van der Waals surface area (Å²) in [7, 11) is 0. The maximum Gasteiger partial charge on any atom is 0.319 e. The minimum absolute atomic E-state index is 0. The Balaban J connectivity index is 0.00000256. The molecule has 0 aliphatic carbocycles. The van der Waals surface area contributed by atoms with E-state index < -0.39 is 17.5 Å². The molecular weight excluding hydrogens is 388 g/mol. The maximum atomic E-state index is 14.5. The van der Waals surface area contributed by atoms with Crippen LogP contribution in [-0.2, 0) is 0 Å². The van der Waals surface area contributed by atoms with Gasteiger partial charge in [-0.2, -0.15) is 0 Å². The molecule has 0 unspecified atom stereocenters. The summed E-state index contributed by atoms with van der Waals surface area (Å²) in [5.41, 5.74) is 2.22. The van der Waals surface area contributed by atoms with Crippen molar-refractivity contribution in [1.82, 2.24) is 20.3 Å². The summed E-state index contributed by atoms with van der Waals surface area (Å²) >= 11 is 0. The Labute approximate surface area is 177 Å². The molecular formula is C22H29F2N5O. The van der Waals surface area contributed by atoms with E-state index in [1.54, 1.807) is 26.1 Å². The number of benzene rings is 1. The van der Waals surface area contributed by atoms with E-state index in [9.17, 15) is 13.6 Å². The van der Waals surface area contributed by atoms with E-state index in [0.29, 0.717) is 17.0 Å². The molecule has 30 heavy (non-hydrogen) atoms. The van der Waals surface area contributed by atoms with Gasteiger partial charge in [0.1, 0.15) is 17.3 Å². The lowest BCUT2D eigenvalue weighted by Crippen LogP contribution is -2.32. The molecule has 1 aromatic carbocycles. The first-order chi connectivity index (χ1) is 14.0. The highest BCUT2D eigenvalue weighted by Crippen LogP contribution is 2.32. The topological polar surface area (TPSA) is 79.8 Å². The number of aryl methyl sites for hydroxylation is 3. The SMILES string of the molecule is Cc1ncc2cc(-c3cc(NC(=O)NCCC(C)(C)F)c(F)cc3C)c(C)nc2n1.[HH].[HH]. The zero-order chi connectivity index (χ0) is 22.1. The first-order valence-corrected chi connectivity index (χ1v) is 9.69. The number of carbonyl (C=O) groups is 1. The van der Waals surface area contributed by atoms with E-state index in [-0.39, 0.29) is 21.5 Å². The average molecular weight is 418 g/mol. The van der Waals surface area contributed by atoms with Gasteiger partial charge in [0.2, 0.25) is 0 Å². The van der Waals surface area contributed by atoms with Crippen LogP contribution in [0.5, 0.6) is 0 Å². The molecule has 162 valence electrons. The molecule has 2 N–H and O–H groups in total. The Morgan fingerprint density at radius 3 is 2.57 bits per heavy atom. The average Bonchev–Trinajstić information content (AvgIpc) is 2.62. The van der Waals surface area contributed by atoms with Crippen molar-refractivity contribution < 1.29 is 16.4 Å². The summed E-state index contributed by atoms with van der Waals surface area (Å²) in [5.74, 6) is 0.0799. The molecule has 6 nitrogen and oxygen atoms in total. The number of hydrogen-bond donors (Lipinski definition) is 2. The van der Waals surface area contributed by atoms with Crippen molar-refractivity contribution in [1.29, 1.82) is 0 Å². The molecule has 0 radical (unpaired) electrons. The van der Waals surface area contributed by atoms with Crippen LogP contribution >= 0.6 is 0 Å². The molecule has 2 amide bonds. The number of urea groups is 1. The number of pyridine rings is 1. The largest absolute Gasteiger partial charge is 0.338 e. The Morgan fingerprint density at radius 2 is 1.87 bits per heavy atom. The van der Waals surface area contributed by atoms with Crippen molar-refractivity contribution in [2.75, 3.05) is 11.9 Å². The molecule has 2 aromatic heterocycles. The quantitative estimate of drug-likeness (QED) is 0.574. The van der Waals surface area contributed by atoms with Crippen molar-refractivity contribution in [2.24, 2.45) is 0 Å². The number of nitrogens with zero attached hydrogens (tertiary/aromatic N) is 3. The summed E-state index contributed by atoms with van der Waals surface area (Å²) in [5, 5.41) is 5.82. The van der Waals surface area contributed by atoms with Crippen molar-refractivity contribution in [3.8, 4) is 11.1 Å². The molecule has 0 spiro atoms. The minimum Gasteiger partial charge on any atom is -0.338 e. The molecule has 3 rings (SSSR count). The smallest absolute Gasteiger partial charge is 0.319 e. The lowest BCUT2D eigenvalue weighted by atomic mass is 9.97. The van der Waals surface area contributed by atoms with Crippen LogP contribution in [0.3, 0.4) is 0 Å². The fourth-order valence-electron chi connectivity index (χ4n) is 3.11. The number of nitrogens with one attached hydrogen (secondary N) is 2. The highest BCUT2D eigenvalue weighted by Gasteiger charge is 2.17. The van der Waals surface area contributed by atoms with Gasteiger partial charge in [-0.1, -0.05) is 0 Å². The first-order valence-electron chi connectivity index (χ1n) is 9.69. The maximum absolute atomic E-state index is 14.5. The molecule has 3 aromatic rings. The van der Waals surface area contributed by atoms with Gasteiger partial charge in [0.25, 0.3) is 0 Å². The summed E-state index contributed by atoms with van der Waals surface area (Å²) < 4.78 is 28.0. The number of alkyl halides is 1. The normalized spacial score (nSPS) is 11.6. The van der Waals surface area contributed by atoms with E-state index in [2.05, 4.69) is 25.6 Å². The molecule has 0 saturated heterocycles. The van der Waals surface area contributed by atoms with E-state index in [1.807, 2.05) is 13.0 Å². The van der Waals surface area contributed by atoms with Crippen LogP contribution in [0.2, 0.25) is 0 Å². The van der Waals surface area contributed by atoms with Crippen LogP contribution in [0.1, 0.15) is 40.2 Å². The number of amides is 2.